The topological polar surface area (TPSA) is 20.3 Å². The Bertz CT molecular complexity index is 471. The van der Waals surface area contributed by atoms with Gasteiger partial charge in [-0.1, -0.05) is 17.7 Å². The van der Waals surface area contributed by atoms with Crippen molar-refractivity contribution in [1.82, 2.24) is 4.90 Å². The van der Waals surface area contributed by atoms with E-state index in [9.17, 15) is 4.79 Å². The van der Waals surface area contributed by atoms with Crippen molar-refractivity contribution in [2.45, 2.75) is 31.7 Å². The number of rotatable bonds is 0. The zero-order valence-corrected chi connectivity index (χ0v) is 10.7. The summed E-state index contributed by atoms with van der Waals surface area (Å²) in [7, 11) is 1.94. The number of hydrogen-bond donors (Lipinski definition) is 0. The zero-order chi connectivity index (χ0) is 12.0. The number of halogens is 1. The molecule has 0 spiro atoms. The van der Waals surface area contributed by atoms with E-state index in [0.29, 0.717) is 24.3 Å². The molecule has 0 saturated carbocycles. The van der Waals surface area contributed by atoms with Crippen LogP contribution >= 0.6 is 11.6 Å². The molecule has 0 bridgehead atoms. The lowest BCUT2D eigenvalue weighted by Crippen LogP contribution is -2.49. The van der Waals surface area contributed by atoms with Crippen molar-refractivity contribution in [1.29, 1.82) is 0 Å². The summed E-state index contributed by atoms with van der Waals surface area (Å²) in [5.41, 5.74) is 2.73. The van der Waals surface area contributed by atoms with E-state index >= 15 is 0 Å². The maximum Gasteiger partial charge on any atom is 0.222 e. The van der Waals surface area contributed by atoms with E-state index in [0.717, 1.165) is 24.3 Å². The zero-order valence-electron chi connectivity index (χ0n) is 9.95. The van der Waals surface area contributed by atoms with Gasteiger partial charge in [-0.15, -0.1) is 0 Å². The Hall–Kier alpha value is -1.02. The SMILES string of the molecule is CN1C(=O)CC[C@H]2Cc3cc(Cl)ccc3C[C@@H]21. The smallest absolute Gasteiger partial charge is 0.222 e. The Morgan fingerprint density at radius 2 is 2.12 bits per heavy atom. The van der Waals surface area contributed by atoms with Gasteiger partial charge in [-0.2, -0.15) is 0 Å². The third kappa shape index (κ3) is 1.85. The molecule has 1 fully saturated rings. The molecule has 0 radical (unpaired) electrons. The fraction of sp³-hybridized carbons (Fsp3) is 0.500. The second-order valence-corrected chi connectivity index (χ2v) is 5.63. The third-order valence-corrected chi connectivity index (χ3v) is 4.48. The van der Waals surface area contributed by atoms with Gasteiger partial charge in [0.2, 0.25) is 5.91 Å². The van der Waals surface area contributed by atoms with Gasteiger partial charge in [-0.3, -0.25) is 4.79 Å². The van der Waals surface area contributed by atoms with Crippen LogP contribution in [0.3, 0.4) is 0 Å². The summed E-state index contributed by atoms with van der Waals surface area (Å²) in [6.07, 6.45) is 3.78. The first-order valence-corrected chi connectivity index (χ1v) is 6.56. The van der Waals surface area contributed by atoms with Crippen molar-refractivity contribution in [2.75, 3.05) is 7.05 Å². The van der Waals surface area contributed by atoms with Gasteiger partial charge >= 0.3 is 0 Å². The minimum Gasteiger partial charge on any atom is -0.342 e. The molecule has 0 aromatic heterocycles. The standard InChI is InChI=1S/C14H16ClNO/c1-16-13-8-9-2-4-12(15)7-11(9)6-10(13)3-5-14(16)17/h2,4,7,10,13H,3,5-6,8H2,1H3/t10-,13-/m0/s1. The Kier molecular flexibility index (Phi) is 2.62. The molecule has 0 N–H and O–H groups in total. The first-order valence-electron chi connectivity index (χ1n) is 6.18. The molecule has 1 aliphatic heterocycles. The summed E-state index contributed by atoms with van der Waals surface area (Å²) in [5, 5.41) is 0.822. The Morgan fingerprint density at radius 3 is 2.94 bits per heavy atom. The van der Waals surface area contributed by atoms with Crippen LogP contribution in [0.4, 0.5) is 0 Å². The van der Waals surface area contributed by atoms with Gasteiger partial charge in [0.15, 0.2) is 0 Å². The maximum atomic E-state index is 11.7. The van der Waals surface area contributed by atoms with Crippen molar-refractivity contribution < 1.29 is 4.79 Å². The van der Waals surface area contributed by atoms with Crippen LogP contribution in [0.1, 0.15) is 24.0 Å². The maximum absolute atomic E-state index is 11.7. The van der Waals surface area contributed by atoms with Crippen LogP contribution in [0.2, 0.25) is 5.02 Å². The van der Waals surface area contributed by atoms with E-state index in [-0.39, 0.29) is 0 Å². The fourth-order valence-corrected chi connectivity index (χ4v) is 3.41. The first-order chi connectivity index (χ1) is 8.15. The van der Waals surface area contributed by atoms with E-state index in [1.807, 2.05) is 18.0 Å². The summed E-state index contributed by atoms with van der Waals surface area (Å²) in [6, 6.07) is 6.54. The lowest BCUT2D eigenvalue weighted by atomic mass is 9.75. The van der Waals surface area contributed by atoms with E-state index in [2.05, 4.69) is 12.1 Å². The molecule has 17 heavy (non-hydrogen) atoms. The van der Waals surface area contributed by atoms with Gasteiger partial charge in [0.1, 0.15) is 0 Å². The van der Waals surface area contributed by atoms with Crippen molar-refractivity contribution in [3.8, 4) is 0 Å². The number of piperidine rings is 1. The average molecular weight is 250 g/mol. The van der Waals surface area contributed by atoms with Crippen LogP contribution in [0, 0.1) is 5.92 Å². The normalized spacial score (nSPS) is 27.6. The highest BCUT2D eigenvalue weighted by atomic mass is 35.5. The number of carbonyl (C=O) groups excluding carboxylic acids is 1. The summed E-state index contributed by atoms with van der Waals surface area (Å²) in [5.74, 6) is 0.910. The number of benzene rings is 1. The Balaban J connectivity index is 1.94. The molecule has 1 aliphatic carbocycles. The van der Waals surface area contributed by atoms with Crippen LogP contribution in [0.5, 0.6) is 0 Å². The fourth-order valence-electron chi connectivity index (χ4n) is 3.21. The summed E-state index contributed by atoms with van der Waals surface area (Å²) in [4.78, 5) is 13.7. The van der Waals surface area contributed by atoms with Gasteiger partial charge < -0.3 is 4.90 Å². The van der Waals surface area contributed by atoms with Crippen molar-refractivity contribution in [3.63, 3.8) is 0 Å². The van der Waals surface area contributed by atoms with E-state index in [1.165, 1.54) is 11.1 Å². The third-order valence-electron chi connectivity index (χ3n) is 4.24. The lowest BCUT2D eigenvalue weighted by molar-refractivity contribution is -0.137. The number of hydrogen-bond acceptors (Lipinski definition) is 1. The number of likely N-dealkylation sites (N-methyl/N-ethyl adjacent to an activating group) is 1. The number of carbonyl (C=O) groups is 1. The van der Waals surface area contributed by atoms with Gasteiger partial charge in [0.25, 0.3) is 0 Å². The molecular formula is C14H16ClNO. The monoisotopic (exact) mass is 249 g/mol. The summed E-state index contributed by atoms with van der Waals surface area (Å²) in [6.45, 7) is 0. The predicted octanol–water partition coefficient (Wildman–Crippen LogP) is 2.68. The molecule has 2 atom stereocenters. The Labute approximate surface area is 107 Å². The van der Waals surface area contributed by atoms with Crippen LogP contribution in [0.15, 0.2) is 18.2 Å². The minimum absolute atomic E-state index is 0.295. The molecule has 1 amide bonds. The van der Waals surface area contributed by atoms with E-state index in [4.69, 9.17) is 11.6 Å². The molecule has 2 nitrogen and oxygen atoms in total. The molecule has 3 rings (SSSR count). The highest BCUT2D eigenvalue weighted by Crippen LogP contribution is 2.35. The quantitative estimate of drug-likeness (QED) is 0.692. The van der Waals surface area contributed by atoms with Crippen LogP contribution in [0.25, 0.3) is 0 Å². The van der Waals surface area contributed by atoms with E-state index in [1.54, 1.807) is 0 Å². The number of nitrogens with zero attached hydrogens (tertiary/aromatic N) is 1. The van der Waals surface area contributed by atoms with Gasteiger partial charge in [-0.05, 0) is 48.4 Å². The summed E-state index contributed by atoms with van der Waals surface area (Å²) >= 11 is 6.04. The highest BCUT2D eigenvalue weighted by Gasteiger charge is 2.36. The van der Waals surface area contributed by atoms with Gasteiger partial charge in [0, 0.05) is 24.5 Å². The predicted molar refractivity (Wildman–Crippen MR) is 68.1 cm³/mol. The highest BCUT2D eigenvalue weighted by molar-refractivity contribution is 6.30. The number of fused-ring (bicyclic) bond motifs is 2. The van der Waals surface area contributed by atoms with Crippen molar-refractivity contribution in [2.24, 2.45) is 5.92 Å². The molecule has 1 aromatic carbocycles. The van der Waals surface area contributed by atoms with Crippen LogP contribution in [-0.4, -0.2) is 23.9 Å². The summed E-state index contributed by atoms with van der Waals surface area (Å²) < 4.78 is 0. The van der Waals surface area contributed by atoms with Crippen LogP contribution in [-0.2, 0) is 17.6 Å². The number of likely N-dealkylation sites (tertiary alicyclic amines) is 1. The van der Waals surface area contributed by atoms with Gasteiger partial charge in [-0.25, -0.2) is 0 Å². The molecule has 90 valence electrons. The molecule has 1 saturated heterocycles. The van der Waals surface area contributed by atoms with E-state index < -0.39 is 0 Å². The minimum atomic E-state index is 0.295. The molecule has 0 unspecified atom stereocenters. The number of amides is 1. The average Bonchev–Trinajstić information content (AvgIpc) is 2.32. The molecule has 3 heteroatoms. The molecule has 1 aromatic rings. The molecule has 1 heterocycles. The van der Waals surface area contributed by atoms with Gasteiger partial charge in [0.05, 0.1) is 0 Å². The second-order valence-electron chi connectivity index (χ2n) is 5.19. The molecular weight excluding hydrogens is 234 g/mol. The van der Waals surface area contributed by atoms with Crippen molar-refractivity contribution >= 4 is 17.5 Å². The Morgan fingerprint density at radius 1 is 1.29 bits per heavy atom. The molecule has 2 aliphatic rings. The second kappa shape index (κ2) is 4.02. The lowest BCUT2D eigenvalue weighted by Gasteiger charge is -2.42. The van der Waals surface area contributed by atoms with Crippen molar-refractivity contribution in [3.05, 3.63) is 34.3 Å². The largest absolute Gasteiger partial charge is 0.342 e. The van der Waals surface area contributed by atoms with Crippen LogP contribution < -0.4 is 0 Å². The first kappa shape index (κ1) is 11.1.